The van der Waals surface area contributed by atoms with Crippen LogP contribution in [-0.4, -0.2) is 56.5 Å². The lowest BCUT2D eigenvalue weighted by Gasteiger charge is -2.32. The van der Waals surface area contributed by atoms with Gasteiger partial charge < -0.3 is 14.8 Å². The van der Waals surface area contributed by atoms with Crippen LogP contribution in [0.3, 0.4) is 0 Å². The topological polar surface area (TPSA) is 104 Å². The van der Waals surface area contributed by atoms with E-state index in [1.54, 1.807) is 6.20 Å². The lowest BCUT2D eigenvalue weighted by atomic mass is 10.1. The fraction of sp³-hybridized carbons (Fsp3) is 0.500. The van der Waals surface area contributed by atoms with Crippen LogP contribution in [0.15, 0.2) is 24.7 Å². The van der Waals surface area contributed by atoms with Crippen LogP contribution in [0.5, 0.6) is 5.75 Å². The average molecular weight is 318 g/mol. The molecule has 0 spiro atoms. The standard InChI is InChI=1S/C14H18N6O3/c1-10-2-3-11(6-15-10)23-13-8-22-5-4-12(13)18-14(21)7-20-17-9-16-19-20/h2-3,6,9,12-13H,4-5,7-8H2,1H3,(H,18,21)/t12-,13+/m0/s1. The third-order valence-corrected chi connectivity index (χ3v) is 3.50. The lowest BCUT2D eigenvalue weighted by molar-refractivity contribution is -0.125. The van der Waals surface area contributed by atoms with Crippen LogP contribution in [0, 0.1) is 6.92 Å². The van der Waals surface area contributed by atoms with Crippen LogP contribution in [0.25, 0.3) is 0 Å². The number of carbonyl (C=O) groups is 1. The van der Waals surface area contributed by atoms with Gasteiger partial charge >= 0.3 is 0 Å². The van der Waals surface area contributed by atoms with Crippen LogP contribution in [0.2, 0.25) is 0 Å². The Morgan fingerprint density at radius 1 is 1.52 bits per heavy atom. The molecule has 0 bridgehead atoms. The maximum Gasteiger partial charge on any atom is 0.244 e. The molecular weight excluding hydrogens is 300 g/mol. The zero-order chi connectivity index (χ0) is 16.1. The molecule has 2 aromatic heterocycles. The molecule has 1 fully saturated rings. The van der Waals surface area contributed by atoms with Crippen molar-refractivity contribution in [2.24, 2.45) is 0 Å². The summed E-state index contributed by atoms with van der Waals surface area (Å²) in [5.41, 5.74) is 0.919. The second-order valence-corrected chi connectivity index (χ2v) is 5.30. The normalized spacial score (nSPS) is 20.9. The van der Waals surface area contributed by atoms with Crippen LogP contribution in [0.4, 0.5) is 0 Å². The van der Waals surface area contributed by atoms with Gasteiger partial charge in [-0.15, -0.1) is 10.2 Å². The van der Waals surface area contributed by atoms with E-state index in [0.717, 1.165) is 5.69 Å². The molecular formula is C14H18N6O3. The second kappa shape index (κ2) is 7.14. The fourth-order valence-corrected chi connectivity index (χ4v) is 2.33. The van der Waals surface area contributed by atoms with E-state index in [4.69, 9.17) is 9.47 Å². The van der Waals surface area contributed by atoms with Gasteiger partial charge in [0.15, 0.2) is 6.33 Å². The molecule has 0 radical (unpaired) electrons. The van der Waals surface area contributed by atoms with Gasteiger partial charge in [-0.1, -0.05) is 0 Å². The summed E-state index contributed by atoms with van der Waals surface area (Å²) in [6.07, 6.45) is 3.38. The Hall–Kier alpha value is -2.55. The SMILES string of the molecule is Cc1ccc(O[C@@H]2COCC[C@@H]2NC(=O)Cn2ncnn2)cn1. The fourth-order valence-electron chi connectivity index (χ4n) is 2.33. The quantitative estimate of drug-likeness (QED) is 0.809. The number of hydrogen-bond acceptors (Lipinski definition) is 7. The van der Waals surface area contributed by atoms with Crippen molar-refractivity contribution < 1.29 is 14.3 Å². The highest BCUT2D eigenvalue weighted by molar-refractivity contribution is 5.75. The van der Waals surface area contributed by atoms with Gasteiger partial charge in [-0.05, 0) is 30.7 Å². The Bertz CT molecular complexity index is 630. The van der Waals surface area contributed by atoms with E-state index >= 15 is 0 Å². The maximum atomic E-state index is 12.1. The number of rotatable bonds is 5. The van der Waals surface area contributed by atoms with Crippen molar-refractivity contribution in [3.63, 3.8) is 0 Å². The smallest absolute Gasteiger partial charge is 0.244 e. The summed E-state index contributed by atoms with van der Waals surface area (Å²) < 4.78 is 11.4. The first kappa shape index (κ1) is 15.3. The first-order valence-electron chi connectivity index (χ1n) is 7.38. The molecule has 9 nitrogen and oxygen atoms in total. The summed E-state index contributed by atoms with van der Waals surface area (Å²) in [4.78, 5) is 17.5. The lowest BCUT2D eigenvalue weighted by Crippen LogP contribution is -2.52. The molecule has 3 heterocycles. The summed E-state index contributed by atoms with van der Waals surface area (Å²) in [5, 5.41) is 14.0. The number of aryl methyl sites for hydroxylation is 1. The van der Waals surface area contributed by atoms with Crippen molar-refractivity contribution in [3.8, 4) is 5.75 Å². The number of hydrogen-bond donors (Lipinski definition) is 1. The Morgan fingerprint density at radius 2 is 2.43 bits per heavy atom. The minimum Gasteiger partial charge on any atom is -0.484 e. The molecule has 1 aliphatic heterocycles. The van der Waals surface area contributed by atoms with Crippen LogP contribution < -0.4 is 10.1 Å². The highest BCUT2D eigenvalue weighted by atomic mass is 16.5. The van der Waals surface area contributed by atoms with E-state index in [0.29, 0.717) is 25.4 Å². The van der Waals surface area contributed by atoms with E-state index in [2.05, 4.69) is 25.7 Å². The number of nitrogens with one attached hydrogen (secondary N) is 1. The molecule has 1 amide bonds. The number of pyridine rings is 1. The van der Waals surface area contributed by atoms with E-state index < -0.39 is 0 Å². The van der Waals surface area contributed by atoms with Crippen molar-refractivity contribution in [1.82, 2.24) is 30.5 Å². The molecule has 0 saturated carbocycles. The average Bonchev–Trinajstić information content (AvgIpc) is 3.04. The third-order valence-electron chi connectivity index (χ3n) is 3.50. The summed E-state index contributed by atoms with van der Waals surface area (Å²) in [5.74, 6) is 0.467. The third kappa shape index (κ3) is 4.22. The summed E-state index contributed by atoms with van der Waals surface area (Å²) in [6, 6.07) is 3.60. The first-order chi connectivity index (χ1) is 11.2. The molecule has 0 unspecified atom stereocenters. The van der Waals surface area contributed by atoms with Gasteiger partial charge in [0.05, 0.1) is 18.8 Å². The Morgan fingerprint density at radius 3 is 3.17 bits per heavy atom. The largest absolute Gasteiger partial charge is 0.484 e. The van der Waals surface area contributed by atoms with Gasteiger partial charge in [0.25, 0.3) is 0 Å². The maximum absolute atomic E-state index is 12.1. The van der Waals surface area contributed by atoms with Crippen molar-refractivity contribution in [2.75, 3.05) is 13.2 Å². The molecule has 1 aliphatic rings. The van der Waals surface area contributed by atoms with Gasteiger partial charge in [0.1, 0.15) is 18.4 Å². The molecule has 23 heavy (non-hydrogen) atoms. The first-order valence-corrected chi connectivity index (χ1v) is 7.38. The molecule has 1 N–H and O–H groups in total. The molecule has 2 aromatic rings. The summed E-state index contributed by atoms with van der Waals surface area (Å²) >= 11 is 0. The van der Waals surface area contributed by atoms with Crippen molar-refractivity contribution >= 4 is 5.91 Å². The van der Waals surface area contributed by atoms with Gasteiger partial charge in [-0.3, -0.25) is 9.78 Å². The second-order valence-electron chi connectivity index (χ2n) is 5.30. The van der Waals surface area contributed by atoms with Gasteiger partial charge in [0.2, 0.25) is 5.91 Å². The monoisotopic (exact) mass is 318 g/mol. The number of amides is 1. The van der Waals surface area contributed by atoms with E-state index in [-0.39, 0.29) is 24.6 Å². The number of tetrazole rings is 1. The Balaban J connectivity index is 1.59. The number of nitrogens with zero attached hydrogens (tertiary/aromatic N) is 5. The summed E-state index contributed by atoms with van der Waals surface area (Å²) in [6.45, 7) is 2.93. The Labute approximate surface area is 133 Å². The zero-order valence-corrected chi connectivity index (χ0v) is 12.8. The minimum absolute atomic E-state index is 0.0240. The molecule has 2 atom stereocenters. The van der Waals surface area contributed by atoms with E-state index in [1.165, 1.54) is 11.1 Å². The summed E-state index contributed by atoms with van der Waals surface area (Å²) in [7, 11) is 0. The molecule has 1 saturated heterocycles. The molecule has 3 rings (SSSR count). The Kier molecular flexibility index (Phi) is 4.77. The predicted octanol–water partition coefficient (Wildman–Crippen LogP) is -0.271. The zero-order valence-electron chi connectivity index (χ0n) is 12.8. The van der Waals surface area contributed by atoms with Crippen LogP contribution in [-0.2, 0) is 16.1 Å². The van der Waals surface area contributed by atoms with Gasteiger partial charge in [-0.2, -0.15) is 4.80 Å². The van der Waals surface area contributed by atoms with Crippen molar-refractivity contribution in [2.45, 2.75) is 32.0 Å². The number of aromatic nitrogens is 5. The van der Waals surface area contributed by atoms with E-state index in [1.807, 2.05) is 19.1 Å². The molecule has 0 aromatic carbocycles. The molecule has 9 heteroatoms. The van der Waals surface area contributed by atoms with E-state index in [9.17, 15) is 4.79 Å². The number of carbonyl (C=O) groups excluding carboxylic acids is 1. The molecule has 0 aliphatic carbocycles. The minimum atomic E-state index is -0.263. The van der Waals surface area contributed by atoms with Crippen LogP contribution >= 0.6 is 0 Å². The molecule has 122 valence electrons. The van der Waals surface area contributed by atoms with Crippen molar-refractivity contribution in [1.29, 1.82) is 0 Å². The van der Waals surface area contributed by atoms with Crippen molar-refractivity contribution in [3.05, 3.63) is 30.4 Å². The van der Waals surface area contributed by atoms with Gasteiger partial charge in [0, 0.05) is 12.3 Å². The van der Waals surface area contributed by atoms with Gasteiger partial charge in [-0.25, -0.2) is 0 Å². The highest BCUT2D eigenvalue weighted by Crippen LogP contribution is 2.17. The predicted molar refractivity (Wildman–Crippen MR) is 78.6 cm³/mol. The number of ether oxygens (including phenoxy) is 2. The van der Waals surface area contributed by atoms with Crippen LogP contribution in [0.1, 0.15) is 12.1 Å². The highest BCUT2D eigenvalue weighted by Gasteiger charge is 2.29.